The maximum absolute atomic E-state index is 14.1. The first-order chi connectivity index (χ1) is 27.9. The fourth-order valence-corrected chi connectivity index (χ4v) is 10.1. The largest absolute Gasteiger partial charge is 0.371 e. The van der Waals surface area contributed by atoms with Gasteiger partial charge in [0, 0.05) is 104 Å². The Balaban J connectivity index is 0.795. The van der Waals surface area contributed by atoms with Gasteiger partial charge in [-0.05, 0) is 78.6 Å². The molecule has 4 aliphatic heterocycles. The number of carbonyl (C=O) groups excluding carboxylic acids is 5. The average Bonchev–Trinajstić information content (AvgIpc) is 3.79. The first-order valence-corrected chi connectivity index (χ1v) is 20.7. The van der Waals surface area contributed by atoms with Gasteiger partial charge in [-0.3, -0.25) is 34.2 Å². The van der Waals surface area contributed by atoms with Crippen LogP contribution in [0.4, 0.5) is 11.4 Å². The van der Waals surface area contributed by atoms with Crippen LogP contribution in [0.15, 0.2) is 48.5 Å². The number of H-pyrrole nitrogens is 1. The van der Waals surface area contributed by atoms with Gasteiger partial charge >= 0.3 is 0 Å². The van der Waals surface area contributed by atoms with Crippen molar-refractivity contribution in [2.75, 3.05) is 44.2 Å². The zero-order chi connectivity index (χ0) is 40.5. The van der Waals surface area contributed by atoms with Crippen molar-refractivity contribution in [1.29, 1.82) is 0 Å². The number of carbonyl (C=O) groups is 5. The number of amides is 4. The van der Waals surface area contributed by atoms with Crippen molar-refractivity contribution in [3.8, 4) is 0 Å². The number of benzene rings is 3. The van der Waals surface area contributed by atoms with Crippen molar-refractivity contribution >= 4 is 51.7 Å². The summed E-state index contributed by atoms with van der Waals surface area (Å²) in [5, 5.41) is 3.22. The second kappa shape index (κ2) is 14.5. The maximum Gasteiger partial charge on any atom is 0.255 e. The van der Waals surface area contributed by atoms with E-state index in [-0.39, 0.29) is 29.9 Å². The molecule has 12 heteroatoms. The number of ketones is 1. The van der Waals surface area contributed by atoms with Gasteiger partial charge in [0.2, 0.25) is 17.7 Å². The van der Waals surface area contributed by atoms with Crippen molar-refractivity contribution in [3.63, 3.8) is 0 Å². The lowest BCUT2D eigenvalue weighted by Gasteiger charge is -2.44. The number of hydrogen-bond donors (Lipinski definition) is 2. The number of hydrogen-bond acceptors (Lipinski definition) is 7. The standard InChI is InChI=1S/C46H49N7O5/c1-5-28-23-34-35(46(2,3)43-41(42(34)56)33-10-8-30(47-4)24-36(33)48-43)25-38(28)51-16-14-31(15-17-51)50-18-20-52(21-19-50)40(55)13-7-27-6-9-32-29(22-27)26-53(45(32)58)37-11-12-39(54)49-44(37)57/h6,8-10,22-25,31,37,48H,5,7,11-21,26H2,1-3H3,(H,49,54,57). The number of rotatable bonds is 7. The van der Waals surface area contributed by atoms with Crippen LogP contribution in [0.3, 0.4) is 0 Å². The number of piperidine rings is 2. The molecule has 3 aromatic carbocycles. The molecule has 298 valence electrons. The molecular formula is C46H49N7O5. The molecular weight excluding hydrogens is 731 g/mol. The van der Waals surface area contributed by atoms with E-state index in [9.17, 15) is 24.0 Å². The lowest BCUT2D eigenvalue weighted by atomic mass is 9.70. The molecule has 58 heavy (non-hydrogen) atoms. The summed E-state index contributed by atoms with van der Waals surface area (Å²) in [7, 11) is 0. The second-order valence-corrected chi connectivity index (χ2v) is 17.1. The summed E-state index contributed by atoms with van der Waals surface area (Å²) in [4.78, 5) is 80.3. The monoisotopic (exact) mass is 779 g/mol. The van der Waals surface area contributed by atoms with Crippen molar-refractivity contribution in [2.24, 2.45) is 0 Å². The second-order valence-electron chi connectivity index (χ2n) is 17.1. The maximum atomic E-state index is 14.1. The topological polar surface area (TPSA) is 130 Å². The number of piperazine rings is 1. The number of nitrogens with one attached hydrogen (secondary N) is 2. The summed E-state index contributed by atoms with van der Waals surface area (Å²) >= 11 is 0. The van der Waals surface area contributed by atoms with Crippen LogP contribution >= 0.6 is 0 Å². The quantitative estimate of drug-likeness (QED) is 0.183. The van der Waals surface area contributed by atoms with Gasteiger partial charge in [0.25, 0.3) is 5.91 Å². The van der Waals surface area contributed by atoms with E-state index in [1.54, 1.807) is 17.0 Å². The predicted molar refractivity (Wildman–Crippen MR) is 220 cm³/mol. The zero-order valence-corrected chi connectivity index (χ0v) is 33.5. The third kappa shape index (κ3) is 6.36. The van der Waals surface area contributed by atoms with Gasteiger partial charge in [-0.2, -0.15) is 0 Å². The zero-order valence-electron chi connectivity index (χ0n) is 33.5. The van der Waals surface area contributed by atoms with Gasteiger partial charge in [0.05, 0.1) is 12.1 Å². The van der Waals surface area contributed by atoms with Crippen molar-refractivity contribution in [1.82, 2.24) is 25.0 Å². The Morgan fingerprint density at radius 3 is 2.41 bits per heavy atom. The number of nitrogens with zero attached hydrogens (tertiary/aromatic N) is 5. The van der Waals surface area contributed by atoms with Gasteiger partial charge in [-0.25, -0.2) is 4.85 Å². The number of aryl methyl sites for hydroxylation is 2. The van der Waals surface area contributed by atoms with Crippen LogP contribution in [0.5, 0.6) is 0 Å². The van der Waals surface area contributed by atoms with Crippen molar-refractivity contribution < 1.29 is 24.0 Å². The molecule has 3 saturated heterocycles. The Labute approximate surface area is 338 Å². The molecule has 1 aliphatic carbocycles. The number of aromatic nitrogens is 1. The molecule has 0 saturated carbocycles. The number of imide groups is 1. The molecule has 2 N–H and O–H groups in total. The molecule has 4 aromatic rings. The highest BCUT2D eigenvalue weighted by Gasteiger charge is 2.42. The molecule has 1 unspecified atom stereocenters. The van der Waals surface area contributed by atoms with E-state index in [4.69, 9.17) is 6.57 Å². The molecule has 5 heterocycles. The van der Waals surface area contributed by atoms with Gasteiger partial charge in [-0.15, -0.1) is 0 Å². The van der Waals surface area contributed by atoms with Crippen LogP contribution in [-0.4, -0.2) is 100 Å². The minimum Gasteiger partial charge on any atom is -0.371 e. The summed E-state index contributed by atoms with van der Waals surface area (Å²) in [6, 6.07) is 15.4. The number of aromatic amines is 1. The number of fused-ring (bicyclic) bond motifs is 5. The Morgan fingerprint density at radius 1 is 0.914 bits per heavy atom. The van der Waals surface area contributed by atoms with E-state index in [1.807, 2.05) is 29.2 Å². The molecule has 0 bridgehead atoms. The minimum atomic E-state index is -0.642. The first kappa shape index (κ1) is 37.8. The van der Waals surface area contributed by atoms with Crippen molar-refractivity contribution in [2.45, 2.75) is 89.8 Å². The lowest BCUT2D eigenvalue weighted by Crippen LogP contribution is -2.54. The van der Waals surface area contributed by atoms with E-state index in [0.717, 1.165) is 89.9 Å². The summed E-state index contributed by atoms with van der Waals surface area (Å²) < 4.78 is 0. The molecule has 4 amide bonds. The highest BCUT2D eigenvalue weighted by atomic mass is 16.2. The van der Waals surface area contributed by atoms with Gasteiger partial charge in [-0.1, -0.05) is 45.0 Å². The van der Waals surface area contributed by atoms with Crippen LogP contribution in [-0.2, 0) is 39.2 Å². The third-order valence-electron chi connectivity index (χ3n) is 13.5. The Morgan fingerprint density at radius 2 is 1.69 bits per heavy atom. The molecule has 0 spiro atoms. The van der Waals surface area contributed by atoms with E-state index in [1.165, 1.54) is 11.3 Å². The van der Waals surface area contributed by atoms with Crippen LogP contribution in [0, 0.1) is 6.57 Å². The van der Waals surface area contributed by atoms with Crippen LogP contribution < -0.4 is 10.2 Å². The Hall–Kier alpha value is -5.80. The third-order valence-corrected chi connectivity index (χ3v) is 13.5. The van der Waals surface area contributed by atoms with E-state index in [0.29, 0.717) is 56.2 Å². The fraction of sp³-hybridized carbons (Fsp3) is 0.435. The normalized spacial score (nSPS) is 20.9. The highest BCUT2D eigenvalue weighted by Crippen LogP contribution is 2.46. The average molecular weight is 780 g/mol. The van der Waals surface area contributed by atoms with Crippen LogP contribution in [0.1, 0.15) is 107 Å². The molecule has 5 aliphatic rings. The fourth-order valence-electron chi connectivity index (χ4n) is 10.1. The molecule has 3 fully saturated rings. The number of anilines is 1. The Kier molecular flexibility index (Phi) is 9.47. The molecule has 9 rings (SSSR count). The van der Waals surface area contributed by atoms with E-state index in [2.05, 4.69) is 57.8 Å². The molecule has 1 aromatic heterocycles. The molecule has 0 radical (unpaired) electrons. The first-order valence-electron chi connectivity index (χ1n) is 20.7. The smallest absolute Gasteiger partial charge is 0.255 e. The highest BCUT2D eigenvalue weighted by molar-refractivity contribution is 6.20. The summed E-state index contributed by atoms with van der Waals surface area (Å²) in [5.41, 5.74) is 9.25. The summed E-state index contributed by atoms with van der Waals surface area (Å²) in [6.07, 6.45) is 4.43. The summed E-state index contributed by atoms with van der Waals surface area (Å²) in [6.45, 7) is 19.3. The lowest BCUT2D eigenvalue weighted by molar-refractivity contribution is -0.137. The molecule has 12 nitrogen and oxygen atoms in total. The minimum absolute atomic E-state index is 0.0460. The van der Waals surface area contributed by atoms with Gasteiger partial charge < -0.3 is 19.7 Å². The van der Waals surface area contributed by atoms with Gasteiger partial charge in [0.15, 0.2) is 11.5 Å². The predicted octanol–water partition coefficient (Wildman–Crippen LogP) is 5.66. The summed E-state index contributed by atoms with van der Waals surface area (Å²) in [5.74, 6) is -0.721. The van der Waals surface area contributed by atoms with Crippen LogP contribution in [0.25, 0.3) is 15.7 Å². The molecule has 1 atom stereocenters. The van der Waals surface area contributed by atoms with Crippen molar-refractivity contribution in [3.05, 3.63) is 105 Å². The SMILES string of the molecule is [C-]#[N+]c1ccc2c3c([nH]c2c1)C(C)(C)c1cc(N2CCC(N4CCN(C(=O)CCc5ccc6c(c5)CN(C5CCC(=O)NC5=O)C6=O)CC4)CC2)c(CC)cc1C3=O. The Bertz CT molecular complexity index is 2440. The van der Waals surface area contributed by atoms with E-state index >= 15 is 0 Å². The van der Waals surface area contributed by atoms with E-state index < -0.39 is 17.4 Å². The van der Waals surface area contributed by atoms with Crippen LogP contribution in [0.2, 0.25) is 0 Å². The van der Waals surface area contributed by atoms with Gasteiger partial charge in [0.1, 0.15) is 6.04 Å².